The molecule has 2 atom stereocenters. The van der Waals surface area contributed by atoms with E-state index in [-0.39, 0.29) is 12.2 Å². The molecule has 1 N–H and O–H groups in total. The Morgan fingerprint density at radius 3 is 2.79 bits per heavy atom. The summed E-state index contributed by atoms with van der Waals surface area (Å²) in [6.45, 7) is 0.391. The summed E-state index contributed by atoms with van der Waals surface area (Å²) in [5.74, 6) is 0.673. The Kier molecular flexibility index (Phi) is 3.06. The van der Waals surface area contributed by atoms with Crippen LogP contribution in [0.3, 0.4) is 0 Å². The average Bonchev–Trinajstić information content (AvgIpc) is 2.63. The highest BCUT2D eigenvalue weighted by molar-refractivity contribution is 4.87. The van der Waals surface area contributed by atoms with Crippen LogP contribution in [0.5, 0.6) is 0 Å². The molecule has 2 rings (SSSR count). The Hall–Kier alpha value is -1.00. The lowest BCUT2D eigenvalue weighted by Crippen LogP contribution is -2.22. The zero-order chi connectivity index (χ0) is 9.80. The van der Waals surface area contributed by atoms with Crippen molar-refractivity contribution in [3.05, 3.63) is 24.3 Å². The highest BCUT2D eigenvalue weighted by atomic mass is 16.5. The molecule has 1 heterocycles. The van der Waals surface area contributed by atoms with Crippen molar-refractivity contribution in [1.82, 2.24) is 9.97 Å². The first kappa shape index (κ1) is 9.55. The van der Waals surface area contributed by atoms with Gasteiger partial charge in [0.1, 0.15) is 6.61 Å². The van der Waals surface area contributed by atoms with Gasteiger partial charge in [-0.05, 0) is 25.3 Å². The molecule has 4 heteroatoms. The molecular weight excluding hydrogens is 180 g/mol. The Balaban J connectivity index is 1.82. The van der Waals surface area contributed by atoms with Crippen LogP contribution in [0.1, 0.15) is 25.1 Å². The second kappa shape index (κ2) is 4.48. The van der Waals surface area contributed by atoms with Gasteiger partial charge in [-0.3, -0.25) is 0 Å². The topological polar surface area (TPSA) is 55.2 Å². The summed E-state index contributed by atoms with van der Waals surface area (Å²) in [7, 11) is 0. The summed E-state index contributed by atoms with van der Waals surface area (Å²) in [5, 5.41) is 9.50. The number of nitrogens with zero attached hydrogens (tertiary/aromatic N) is 2. The second-order valence-corrected chi connectivity index (χ2v) is 3.51. The van der Waals surface area contributed by atoms with E-state index in [4.69, 9.17) is 4.74 Å². The maximum atomic E-state index is 9.50. The summed E-state index contributed by atoms with van der Waals surface area (Å²) in [5.41, 5.74) is 0. The molecule has 0 amide bonds. The fourth-order valence-electron chi connectivity index (χ4n) is 1.69. The van der Waals surface area contributed by atoms with Crippen LogP contribution in [0.2, 0.25) is 0 Å². The average molecular weight is 194 g/mol. The molecule has 0 aromatic carbocycles. The number of aliphatic hydroxyl groups excluding tert-OH is 1. The van der Waals surface area contributed by atoms with Gasteiger partial charge in [-0.25, -0.2) is 9.97 Å². The van der Waals surface area contributed by atoms with E-state index in [1.54, 1.807) is 18.5 Å². The summed E-state index contributed by atoms with van der Waals surface area (Å²) < 4.78 is 5.53. The third-order valence-corrected chi connectivity index (χ3v) is 2.46. The number of aromatic nitrogens is 2. The van der Waals surface area contributed by atoms with Crippen molar-refractivity contribution in [2.45, 2.75) is 38.1 Å². The van der Waals surface area contributed by atoms with Crippen LogP contribution in [-0.2, 0) is 11.3 Å². The van der Waals surface area contributed by atoms with Crippen molar-refractivity contribution in [3.8, 4) is 0 Å². The van der Waals surface area contributed by atoms with Crippen LogP contribution in [0.15, 0.2) is 18.5 Å². The fourth-order valence-corrected chi connectivity index (χ4v) is 1.69. The minimum Gasteiger partial charge on any atom is -0.390 e. The predicted octanol–water partition coefficient (Wildman–Crippen LogP) is 0.907. The zero-order valence-electron chi connectivity index (χ0n) is 7.97. The summed E-state index contributed by atoms with van der Waals surface area (Å²) in [6, 6.07) is 1.77. The molecular formula is C10H14N2O2. The molecule has 0 bridgehead atoms. The zero-order valence-corrected chi connectivity index (χ0v) is 7.97. The monoisotopic (exact) mass is 194 g/mol. The first-order chi connectivity index (χ1) is 6.86. The van der Waals surface area contributed by atoms with E-state index >= 15 is 0 Å². The molecule has 0 saturated heterocycles. The smallest absolute Gasteiger partial charge is 0.153 e. The van der Waals surface area contributed by atoms with Gasteiger partial charge >= 0.3 is 0 Å². The van der Waals surface area contributed by atoms with Crippen molar-refractivity contribution in [2.24, 2.45) is 0 Å². The molecule has 1 aromatic rings. The third-order valence-electron chi connectivity index (χ3n) is 2.46. The molecule has 1 aromatic heterocycles. The Morgan fingerprint density at radius 1 is 1.36 bits per heavy atom. The molecule has 76 valence electrons. The maximum Gasteiger partial charge on any atom is 0.153 e. The van der Waals surface area contributed by atoms with Gasteiger partial charge in [0.15, 0.2) is 5.82 Å². The molecule has 0 radical (unpaired) electrons. The van der Waals surface area contributed by atoms with Gasteiger partial charge in [0.2, 0.25) is 0 Å². The van der Waals surface area contributed by atoms with Crippen LogP contribution in [0.4, 0.5) is 0 Å². The first-order valence-corrected chi connectivity index (χ1v) is 4.92. The highest BCUT2D eigenvalue weighted by Gasteiger charge is 2.25. The van der Waals surface area contributed by atoms with Crippen molar-refractivity contribution in [2.75, 3.05) is 0 Å². The summed E-state index contributed by atoms with van der Waals surface area (Å²) >= 11 is 0. The highest BCUT2D eigenvalue weighted by Crippen LogP contribution is 2.22. The lowest BCUT2D eigenvalue weighted by Gasteiger charge is -2.14. The van der Waals surface area contributed by atoms with E-state index < -0.39 is 0 Å². The lowest BCUT2D eigenvalue weighted by molar-refractivity contribution is -0.0295. The van der Waals surface area contributed by atoms with Gasteiger partial charge in [-0.2, -0.15) is 0 Å². The van der Waals surface area contributed by atoms with Crippen molar-refractivity contribution < 1.29 is 9.84 Å². The molecule has 1 saturated carbocycles. The molecule has 14 heavy (non-hydrogen) atoms. The molecule has 1 aliphatic rings. The number of ether oxygens (including phenoxy) is 1. The quantitative estimate of drug-likeness (QED) is 0.777. The predicted molar refractivity (Wildman–Crippen MR) is 50.5 cm³/mol. The van der Waals surface area contributed by atoms with Gasteiger partial charge in [0.05, 0.1) is 12.2 Å². The van der Waals surface area contributed by atoms with Crippen molar-refractivity contribution in [1.29, 1.82) is 0 Å². The molecule has 0 spiro atoms. The molecule has 1 aliphatic carbocycles. The van der Waals surface area contributed by atoms with Crippen LogP contribution >= 0.6 is 0 Å². The van der Waals surface area contributed by atoms with Crippen LogP contribution < -0.4 is 0 Å². The Morgan fingerprint density at radius 2 is 2.14 bits per heavy atom. The van der Waals surface area contributed by atoms with Gasteiger partial charge < -0.3 is 9.84 Å². The van der Waals surface area contributed by atoms with Crippen LogP contribution in [-0.4, -0.2) is 27.3 Å². The van der Waals surface area contributed by atoms with E-state index in [1.165, 1.54) is 0 Å². The number of hydrogen-bond acceptors (Lipinski definition) is 4. The van der Waals surface area contributed by atoms with Crippen molar-refractivity contribution >= 4 is 0 Å². The maximum absolute atomic E-state index is 9.50. The molecule has 1 fully saturated rings. The van der Waals surface area contributed by atoms with E-state index in [0.29, 0.717) is 12.4 Å². The van der Waals surface area contributed by atoms with Gasteiger partial charge in [0.25, 0.3) is 0 Å². The second-order valence-electron chi connectivity index (χ2n) is 3.51. The van der Waals surface area contributed by atoms with E-state index in [1.807, 2.05) is 0 Å². The Bertz CT molecular complexity index is 279. The normalized spacial score (nSPS) is 26.6. The first-order valence-electron chi connectivity index (χ1n) is 4.92. The third kappa shape index (κ3) is 2.27. The van der Waals surface area contributed by atoms with E-state index in [0.717, 1.165) is 19.3 Å². The minimum absolute atomic E-state index is 0.0289. The standard InChI is InChI=1S/C10H14N2O2/c13-8-3-1-4-9(8)14-7-10-11-5-2-6-12-10/h2,5-6,8-9,13H,1,3-4,7H2/t8-,9-/m0/s1. The van der Waals surface area contributed by atoms with Gasteiger partial charge in [0, 0.05) is 12.4 Å². The Labute approximate surface area is 83.0 Å². The number of rotatable bonds is 3. The molecule has 0 unspecified atom stereocenters. The fraction of sp³-hybridized carbons (Fsp3) is 0.600. The minimum atomic E-state index is -0.307. The van der Waals surface area contributed by atoms with Crippen molar-refractivity contribution in [3.63, 3.8) is 0 Å². The summed E-state index contributed by atoms with van der Waals surface area (Å²) in [6.07, 6.45) is 5.88. The van der Waals surface area contributed by atoms with E-state index in [2.05, 4.69) is 9.97 Å². The van der Waals surface area contributed by atoms with Crippen LogP contribution in [0.25, 0.3) is 0 Å². The molecule has 0 aliphatic heterocycles. The van der Waals surface area contributed by atoms with Crippen LogP contribution in [0, 0.1) is 0 Å². The summed E-state index contributed by atoms with van der Waals surface area (Å²) in [4.78, 5) is 8.09. The molecule has 4 nitrogen and oxygen atoms in total. The SMILES string of the molecule is O[C@H]1CCC[C@@H]1OCc1ncccn1. The van der Waals surface area contributed by atoms with Gasteiger partial charge in [-0.15, -0.1) is 0 Å². The van der Waals surface area contributed by atoms with E-state index in [9.17, 15) is 5.11 Å². The van der Waals surface area contributed by atoms with Gasteiger partial charge in [-0.1, -0.05) is 0 Å². The number of aliphatic hydroxyl groups is 1. The largest absolute Gasteiger partial charge is 0.390 e. The lowest BCUT2D eigenvalue weighted by atomic mass is 10.3. The number of hydrogen-bond donors (Lipinski definition) is 1.